The van der Waals surface area contributed by atoms with Crippen molar-refractivity contribution in [3.8, 4) is 16.9 Å². The topological polar surface area (TPSA) is 48.1 Å². The third-order valence-corrected chi connectivity index (χ3v) is 2.35. The standard InChI is InChI=1S/C12H10F2N2O/c1-17-11-4-7(3-10(14)12(11)15)8-2-9(13)6-16-5-8/h2-6H,15H2,1H3. The Kier molecular flexibility index (Phi) is 2.91. The Morgan fingerprint density at radius 1 is 1.12 bits per heavy atom. The minimum Gasteiger partial charge on any atom is -0.494 e. The summed E-state index contributed by atoms with van der Waals surface area (Å²) in [4.78, 5) is 3.70. The van der Waals surface area contributed by atoms with Gasteiger partial charge in [0.1, 0.15) is 17.3 Å². The van der Waals surface area contributed by atoms with Crippen LogP contribution in [-0.4, -0.2) is 12.1 Å². The molecule has 5 heteroatoms. The molecule has 1 heterocycles. The largest absolute Gasteiger partial charge is 0.494 e. The molecule has 2 aromatic rings. The highest BCUT2D eigenvalue weighted by molar-refractivity contribution is 5.69. The van der Waals surface area contributed by atoms with E-state index in [1.54, 1.807) is 0 Å². The molecule has 0 bridgehead atoms. The lowest BCUT2D eigenvalue weighted by molar-refractivity contribution is 0.414. The molecule has 0 saturated heterocycles. The van der Waals surface area contributed by atoms with Gasteiger partial charge in [-0.15, -0.1) is 0 Å². The lowest BCUT2D eigenvalue weighted by Gasteiger charge is -2.08. The monoisotopic (exact) mass is 236 g/mol. The van der Waals surface area contributed by atoms with Crippen LogP contribution in [0.1, 0.15) is 0 Å². The number of nitrogens with two attached hydrogens (primary N) is 1. The van der Waals surface area contributed by atoms with Crippen molar-refractivity contribution in [3.05, 3.63) is 42.2 Å². The van der Waals surface area contributed by atoms with Crippen molar-refractivity contribution in [2.45, 2.75) is 0 Å². The van der Waals surface area contributed by atoms with Crippen molar-refractivity contribution in [3.63, 3.8) is 0 Å². The van der Waals surface area contributed by atoms with Crippen LogP contribution in [0.25, 0.3) is 11.1 Å². The molecule has 88 valence electrons. The molecule has 17 heavy (non-hydrogen) atoms. The van der Waals surface area contributed by atoms with E-state index in [1.165, 1.54) is 31.5 Å². The van der Waals surface area contributed by atoms with Crippen molar-refractivity contribution < 1.29 is 13.5 Å². The second kappa shape index (κ2) is 4.37. The molecule has 3 nitrogen and oxygen atoms in total. The van der Waals surface area contributed by atoms with Gasteiger partial charge in [-0.25, -0.2) is 8.78 Å². The van der Waals surface area contributed by atoms with E-state index >= 15 is 0 Å². The van der Waals surface area contributed by atoms with Crippen molar-refractivity contribution >= 4 is 5.69 Å². The second-order valence-corrected chi connectivity index (χ2v) is 3.47. The first kappa shape index (κ1) is 11.3. The average molecular weight is 236 g/mol. The first-order valence-electron chi connectivity index (χ1n) is 4.85. The maximum absolute atomic E-state index is 13.5. The van der Waals surface area contributed by atoms with Gasteiger partial charge in [-0.2, -0.15) is 0 Å². The maximum atomic E-state index is 13.5. The predicted molar refractivity (Wildman–Crippen MR) is 60.6 cm³/mol. The highest BCUT2D eigenvalue weighted by atomic mass is 19.1. The fourth-order valence-electron chi connectivity index (χ4n) is 1.50. The number of hydrogen-bond donors (Lipinski definition) is 1. The number of rotatable bonds is 2. The van der Waals surface area contributed by atoms with Crippen LogP contribution >= 0.6 is 0 Å². The van der Waals surface area contributed by atoms with Gasteiger partial charge in [-0.05, 0) is 23.8 Å². The summed E-state index contributed by atoms with van der Waals surface area (Å²) in [6.07, 6.45) is 2.52. The molecule has 0 aliphatic carbocycles. The molecule has 0 unspecified atom stereocenters. The number of anilines is 1. The lowest BCUT2D eigenvalue weighted by Crippen LogP contribution is -1.97. The summed E-state index contributed by atoms with van der Waals surface area (Å²) in [7, 11) is 1.39. The smallest absolute Gasteiger partial charge is 0.150 e. The zero-order chi connectivity index (χ0) is 12.4. The van der Waals surface area contributed by atoms with Crippen LogP contribution in [0.5, 0.6) is 5.75 Å². The summed E-state index contributed by atoms with van der Waals surface area (Å²) >= 11 is 0. The van der Waals surface area contributed by atoms with Gasteiger partial charge >= 0.3 is 0 Å². The third-order valence-electron chi connectivity index (χ3n) is 2.35. The van der Waals surface area contributed by atoms with E-state index in [1.807, 2.05) is 0 Å². The van der Waals surface area contributed by atoms with Crippen LogP contribution in [-0.2, 0) is 0 Å². The third kappa shape index (κ3) is 2.18. The number of hydrogen-bond acceptors (Lipinski definition) is 3. The molecule has 1 aromatic heterocycles. The Labute approximate surface area is 96.9 Å². The first-order valence-corrected chi connectivity index (χ1v) is 4.85. The summed E-state index contributed by atoms with van der Waals surface area (Å²) in [5.74, 6) is -0.883. The Hall–Kier alpha value is -2.17. The number of ether oxygens (including phenoxy) is 1. The van der Waals surface area contributed by atoms with Gasteiger partial charge in [-0.3, -0.25) is 4.98 Å². The van der Waals surface area contributed by atoms with E-state index in [2.05, 4.69) is 4.98 Å². The molecule has 0 amide bonds. The number of methoxy groups -OCH3 is 1. The number of nitrogen functional groups attached to an aromatic ring is 1. The lowest BCUT2D eigenvalue weighted by atomic mass is 10.1. The Morgan fingerprint density at radius 3 is 2.53 bits per heavy atom. The fraction of sp³-hybridized carbons (Fsp3) is 0.0833. The second-order valence-electron chi connectivity index (χ2n) is 3.47. The molecule has 0 radical (unpaired) electrons. The molecule has 0 spiro atoms. The quantitative estimate of drug-likeness (QED) is 0.815. The highest BCUT2D eigenvalue weighted by Gasteiger charge is 2.10. The van der Waals surface area contributed by atoms with E-state index in [4.69, 9.17) is 10.5 Å². The molecule has 0 aliphatic heterocycles. The van der Waals surface area contributed by atoms with Crippen LogP contribution in [0.2, 0.25) is 0 Å². The molecular formula is C12H10F2N2O. The molecule has 0 fully saturated rings. The number of aromatic nitrogens is 1. The van der Waals surface area contributed by atoms with Gasteiger partial charge in [0.05, 0.1) is 13.3 Å². The first-order chi connectivity index (χ1) is 8.11. The van der Waals surface area contributed by atoms with Gasteiger partial charge in [0, 0.05) is 11.8 Å². The normalized spacial score (nSPS) is 10.3. The van der Waals surface area contributed by atoms with Crippen LogP contribution < -0.4 is 10.5 Å². The van der Waals surface area contributed by atoms with Crippen molar-refractivity contribution in [2.24, 2.45) is 0 Å². The zero-order valence-corrected chi connectivity index (χ0v) is 9.08. The minimum absolute atomic E-state index is 0.0689. The molecule has 0 atom stereocenters. The molecule has 2 N–H and O–H groups in total. The number of pyridine rings is 1. The van der Waals surface area contributed by atoms with Gasteiger partial charge < -0.3 is 10.5 Å². The van der Waals surface area contributed by atoms with Crippen LogP contribution in [0, 0.1) is 11.6 Å². The number of halogens is 2. The zero-order valence-electron chi connectivity index (χ0n) is 9.08. The molecule has 1 aromatic carbocycles. The molecule has 2 rings (SSSR count). The summed E-state index contributed by atoms with van der Waals surface area (Å²) in [6.45, 7) is 0. The van der Waals surface area contributed by atoms with E-state index < -0.39 is 11.6 Å². The maximum Gasteiger partial charge on any atom is 0.150 e. The summed E-state index contributed by atoms with van der Waals surface area (Å²) in [5, 5.41) is 0. The molecule has 0 saturated carbocycles. The number of nitrogens with zero attached hydrogens (tertiary/aromatic N) is 1. The average Bonchev–Trinajstić information content (AvgIpc) is 2.32. The van der Waals surface area contributed by atoms with Gasteiger partial charge in [0.2, 0.25) is 0 Å². The van der Waals surface area contributed by atoms with Crippen LogP contribution in [0.3, 0.4) is 0 Å². The summed E-state index contributed by atoms with van der Waals surface area (Å²) in [6, 6.07) is 4.01. The van der Waals surface area contributed by atoms with Crippen molar-refractivity contribution in [1.29, 1.82) is 0 Å². The summed E-state index contributed by atoms with van der Waals surface area (Å²) in [5.41, 5.74) is 6.33. The van der Waals surface area contributed by atoms with Gasteiger partial charge in [0.15, 0.2) is 5.82 Å². The fourth-order valence-corrected chi connectivity index (χ4v) is 1.50. The molecule has 0 aliphatic rings. The molecular weight excluding hydrogens is 226 g/mol. The van der Waals surface area contributed by atoms with Gasteiger partial charge in [0.25, 0.3) is 0 Å². The van der Waals surface area contributed by atoms with E-state index in [0.717, 1.165) is 6.20 Å². The van der Waals surface area contributed by atoms with Crippen LogP contribution in [0.4, 0.5) is 14.5 Å². The van der Waals surface area contributed by atoms with E-state index in [9.17, 15) is 8.78 Å². The summed E-state index contributed by atoms with van der Waals surface area (Å²) < 4.78 is 31.4. The Balaban J connectivity index is 2.56. The van der Waals surface area contributed by atoms with Crippen molar-refractivity contribution in [2.75, 3.05) is 12.8 Å². The Morgan fingerprint density at radius 2 is 1.88 bits per heavy atom. The highest BCUT2D eigenvalue weighted by Crippen LogP contribution is 2.31. The Bertz CT molecular complexity index is 558. The minimum atomic E-state index is -0.608. The van der Waals surface area contributed by atoms with Crippen LogP contribution in [0.15, 0.2) is 30.6 Å². The predicted octanol–water partition coefficient (Wildman–Crippen LogP) is 2.62. The van der Waals surface area contributed by atoms with E-state index in [0.29, 0.717) is 11.1 Å². The SMILES string of the molecule is COc1cc(-c2cncc(F)c2)cc(F)c1N. The van der Waals surface area contributed by atoms with Gasteiger partial charge in [-0.1, -0.05) is 0 Å². The number of benzene rings is 1. The van der Waals surface area contributed by atoms with Crippen molar-refractivity contribution in [1.82, 2.24) is 4.98 Å². The van der Waals surface area contributed by atoms with E-state index in [-0.39, 0.29) is 11.4 Å².